The number of carbonyl (C=O) groups is 1. The van der Waals surface area contributed by atoms with E-state index in [2.05, 4.69) is 10.5 Å². The number of amides is 1. The number of hydrazone groups is 1. The third kappa shape index (κ3) is 4.93. The van der Waals surface area contributed by atoms with E-state index in [9.17, 15) is 4.79 Å². The lowest BCUT2D eigenvalue weighted by Crippen LogP contribution is -2.17. The number of ether oxygens (including phenoxy) is 3. The first-order valence-corrected chi connectivity index (χ1v) is 9.42. The fourth-order valence-corrected chi connectivity index (χ4v) is 2.98. The van der Waals surface area contributed by atoms with Crippen LogP contribution in [-0.4, -0.2) is 26.3 Å². The van der Waals surface area contributed by atoms with Gasteiger partial charge in [-0.3, -0.25) is 4.79 Å². The molecule has 156 valence electrons. The zero-order chi connectivity index (χ0) is 21.5. The number of para-hydroxylation sites is 1. The average Bonchev–Trinajstić information content (AvgIpc) is 3.22. The van der Waals surface area contributed by atoms with E-state index in [-0.39, 0.29) is 12.4 Å². The Morgan fingerprint density at radius 3 is 2.63 bits per heavy atom. The number of carbonyl (C=O) groups excluding carboxylic acids is 1. The topological polar surface area (TPSA) is 82.3 Å². The minimum atomic E-state index is -0.487. The fraction of sp³-hybridized carbons (Fsp3) is 0.182. The first kappa shape index (κ1) is 21.3. The Morgan fingerprint density at radius 1 is 1.10 bits per heavy atom. The summed E-state index contributed by atoms with van der Waals surface area (Å²) in [5, 5.41) is 4.48. The van der Waals surface area contributed by atoms with Crippen LogP contribution in [0.3, 0.4) is 0 Å². The van der Waals surface area contributed by atoms with E-state index < -0.39 is 5.91 Å². The lowest BCUT2D eigenvalue weighted by Gasteiger charge is -2.11. The molecule has 1 amide bonds. The van der Waals surface area contributed by atoms with Crippen molar-refractivity contribution < 1.29 is 23.4 Å². The number of hydrogen-bond acceptors (Lipinski definition) is 6. The summed E-state index contributed by atoms with van der Waals surface area (Å²) >= 11 is 6.05. The SMILES string of the molecule is COc1ccc(/C=N\NC(=O)c2ccc(COc3ccccc3Cl)o2)c(OC)c1C. The maximum Gasteiger partial charge on any atom is 0.307 e. The molecule has 0 atom stereocenters. The van der Waals surface area contributed by atoms with Crippen LogP contribution in [-0.2, 0) is 6.61 Å². The van der Waals surface area contributed by atoms with Gasteiger partial charge in [0.05, 0.1) is 25.5 Å². The first-order valence-electron chi connectivity index (χ1n) is 9.04. The van der Waals surface area contributed by atoms with Crippen LogP contribution in [0.25, 0.3) is 0 Å². The highest BCUT2D eigenvalue weighted by Gasteiger charge is 2.12. The van der Waals surface area contributed by atoms with Crippen molar-refractivity contribution in [2.75, 3.05) is 14.2 Å². The van der Waals surface area contributed by atoms with Gasteiger partial charge in [-0.15, -0.1) is 0 Å². The molecule has 2 aromatic carbocycles. The summed E-state index contributed by atoms with van der Waals surface area (Å²) in [5.41, 5.74) is 3.97. The lowest BCUT2D eigenvalue weighted by molar-refractivity contribution is 0.0923. The molecule has 0 saturated heterocycles. The van der Waals surface area contributed by atoms with Gasteiger partial charge < -0.3 is 18.6 Å². The number of halogens is 1. The van der Waals surface area contributed by atoms with Crippen LogP contribution in [0.1, 0.15) is 27.4 Å². The number of nitrogens with one attached hydrogen (secondary N) is 1. The van der Waals surface area contributed by atoms with Crippen LogP contribution in [0.15, 0.2) is 58.0 Å². The molecule has 0 bridgehead atoms. The van der Waals surface area contributed by atoms with Gasteiger partial charge in [-0.2, -0.15) is 5.10 Å². The van der Waals surface area contributed by atoms with Gasteiger partial charge in [0.15, 0.2) is 5.76 Å². The molecular formula is C22H21ClN2O5. The molecule has 0 fully saturated rings. The molecule has 3 rings (SSSR count). The van der Waals surface area contributed by atoms with Gasteiger partial charge in [-0.25, -0.2) is 5.43 Å². The highest BCUT2D eigenvalue weighted by atomic mass is 35.5. The Balaban J connectivity index is 1.61. The lowest BCUT2D eigenvalue weighted by atomic mass is 10.1. The number of benzene rings is 2. The van der Waals surface area contributed by atoms with Crippen molar-refractivity contribution in [3.8, 4) is 17.2 Å². The highest BCUT2D eigenvalue weighted by molar-refractivity contribution is 6.32. The van der Waals surface area contributed by atoms with Crippen molar-refractivity contribution in [3.63, 3.8) is 0 Å². The normalized spacial score (nSPS) is 10.8. The van der Waals surface area contributed by atoms with Gasteiger partial charge in [-0.05, 0) is 43.3 Å². The summed E-state index contributed by atoms with van der Waals surface area (Å²) in [7, 11) is 3.15. The van der Waals surface area contributed by atoms with Gasteiger partial charge in [0.2, 0.25) is 0 Å². The van der Waals surface area contributed by atoms with Crippen molar-refractivity contribution in [2.45, 2.75) is 13.5 Å². The molecule has 8 heteroatoms. The predicted molar refractivity (Wildman–Crippen MR) is 114 cm³/mol. The molecule has 0 aliphatic rings. The maximum absolute atomic E-state index is 12.3. The summed E-state index contributed by atoms with van der Waals surface area (Å²) < 4.78 is 21.8. The zero-order valence-electron chi connectivity index (χ0n) is 16.8. The molecule has 1 aromatic heterocycles. The van der Waals surface area contributed by atoms with Gasteiger partial charge in [-0.1, -0.05) is 23.7 Å². The third-order valence-electron chi connectivity index (χ3n) is 4.27. The number of furan rings is 1. The minimum Gasteiger partial charge on any atom is -0.496 e. The standard InChI is InChI=1S/C22H21ClN2O5/c1-14-18(27-2)10-8-15(21(14)28-3)12-24-25-22(26)20-11-9-16(30-20)13-29-19-7-5-4-6-17(19)23/h4-12H,13H2,1-3H3,(H,25,26)/b24-12-. The third-order valence-corrected chi connectivity index (χ3v) is 4.58. The van der Waals surface area contributed by atoms with Crippen LogP contribution in [0.5, 0.6) is 17.2 Å². The predicted octanol–water partition coefficient (Wildman–Crippen LogP) is 4.60. The summed E-state index contributed by atoms with van der Waals surface area (Å²) in [6.07, 6.45) is 1.49. The maximum atomic E-state index is 12.3. The molecule has 0 unspecified atom stereocenters. The van der Waals surface area contributed by atoms with E-state index in [1.54, 1.807) is 50.6 Å². The molecule has 3 aromatic rings. The molecule has 0 aliphatic heterocycles. The van der Waals surface area contributed by atoms with E-state index in [0.29, 0.717) is 33.6 Å². The number of methoxy groups -OCH3 is 2. The van der Waals surface area contributed by atoms with Gasteiger partial charge in [0.1, 0.15) is 29.6 Å². The minimum absolute atomic E-state index is 0.114. The number of rotatable bonds is 8. The molecule has 0 aliphatic carbocycles. The second-order valence-electron chi connectivity index (χ2n) is 6.20. The van der Waals surface area contributed by atoms with Crippen LogP contribution in [0.2, 0.25) is 5.02 Å². The second kappa shape index (κ2) is 9.84. The summed E-state index contributed by atoms with van der Waals surface area (Å²) in [5.74, 6) is 1.97. The van der Waals surface area contributed by atoms with Crippen molar-refractivity contribution >= 4 is 23.7 Å². The molecule has 30 heavy (non-hydrogen) atoms. The summed E-state index contributed by atoms with van der Waals surface area (Å²) in [6.45, 7) is 2.02. The Labute approximate surface area is 179 Å². The number of hydrogen-bond donors (Lipinski definition) is 1. The molecule has 0 saturated carbocycles. The van der Waals surface area contributed by atoms with Crippen molar-refractivity contribution in [3.05, 3.63) is 76.2 Å². The molecule has 1 heterocycles. The van der Waals surface area contributed by atoms with Crippen LogP contribution < -0.4 is 19.6 Å². The van der Waals surface area contributed by atoms with Crippen molar-refractivity contribution in [2.24, 2.45) is 5.10 Å². The Bertz CT molecular complexity index is 1060. The molecular weight excluding hydrogens is 408 g/mol. The Morgan fingerprint density at radius 2 is 1.90 bits per heavy atom. The quantitative estimate of drug-likeness (QED) is 0.418. The zero-order valence-corrected chi connectivity index (χ0v) is 17.5. The van der Waals surface area contributed by atoms with Gasteiger partial charge in [0.25, 0.3) is 0 Å². The Kier molecular flexibility index (Phi) is 6.98. The van der Waals surface area contributed by atoms with Crippen molar-refractivity contribution in [1.29, 1.82) is 0 Å². The number of nitrogens with zero attached hydrogens (tertiary/aromatic N) is 1. The summed E-state index contributed by atoms with van der Waals surface area (Å²) in [6, 6.07) is 13.9. The molecule has 0 spiro atoms. The first-order chi connectivity index (χ1) is 14.5. The molecule has 1 N–H and O–H groups in total. The molecule has 7 nitrogen and oxygen atoms in total. The largest absolute Gasteiger partial charge is 0.496 e. The van der Waals surface area contributed by atoms with E-state index in [1.165, 1.54) is 6.21 Å². The van der Waals surface area contributed by atoms with E-state index in [1.807, 2.05) is 19.1 Å². The van der Waals surface area contributed by atoms with Crippen LogP contribution in [0.4, 0.5) is 0 Å². The van der Waals surface area contributed by atoms with E-state index >= 15 is 0 Å². The fourth-order valence-electron chi connectivity index (χ4n) is 2.79. The average molecular weight is 429 g/mol. The highest BCUT2D eigenvalue weighted by Crippen LogP contribution is 2.30. The van der Waals surface area contributed by atoms with Gasteiger partial charge >= 0.3 is 5.91 Å². The van der Waals surface area contributed by atoms with Crippen LogP contribution in [0, 0.1) is 6.92 Å². The van der Waals surface area contributed by atoms with E-state index in [4.69, 9.17) is 30.2 Å². The summed E-state index contributed by atoms with van der Waals surface area (Å²) in [4.78, 5) is 12.3. The van der Waals surface area contributed by atoms with Crippen LogP contribution >= 0.6 is 11.6 Å². The smallest absolute Gasteiger partial charge is 0.307 e. The van der Waals surface area contributed by atoms with Crippen molar-refractivity contribution in [1.82, 2.24) is 5.43 Å². The monoisotopic (exact) mass is 428 g/mol. The Hall–Kier alpha value is -3.45. The van der Waals surface area contributed by atoms with Gasteiger partial charge in [0, 0.05) is 11.1 Å². The second-order valence-corrected chi connectivity index (χ2v) is 6.61. The van der Waals surface area contributed by atoms with E-state index in [0.717, 1.165) is 5.56 Å². The molecule has 0 radical (unpaired) electrons.